The van der Waals surface area contributed by atoms with Crippen LogP contribution in [0.25, 0.3) is 22.3 Å². The number of hydrogen-bond donors (Lipinski definition) is 0. The van der Waals surface area contributed by atoms with E-state index in [1.165, 1.54) is 33.3 Å². The molecule has 0 unspecified atom stereocenters. The van der Waals surface area contributed by atoms with E-state index in [0.29, 0.717) is 0 Å². The van der Waals surface area contributed by atoms with Gasteiger partial charge in [-0.3, -0.25) is 0 Å². The molecule has 0 aliphatic carbocycles. The minimum atomic E-state index is -0.301. The van der Waals surface area contributed by atoms with E-state index < -0.39 is 0 Å². The largest absolute Gasteiger partial charge is 0.536 e. The number of aryl methyl sites for hydroxylation is 1. The lowest BCUT2D eigenvalue weighted by atomic mass is 9.65. The van der Waals surface area contributed by atoms with Gasteiger partial charge in [0.05, 0.1) is 5.69 Å². The van der Waals surface area contributed by atoms with Gasteiger partial charge in [-0.1, -0.05) is 109 Å². The predicted octanol–water partition coefficient (Wildman–Crippen LogP) is 7.25. The van der Waals surface area contributed by atoms with Crippen molar-refractivity contribution >= 4 is 23.9 Å². The van der Waals surface area contributed by atoms with Gasteiger partial charge < -0.3 is 9.47 Å². The zero-order valence-corrected chi connectivity index (χ0v) is 19.1. The van der Waals surface area contributed by atoms with E-state index in [-0.39, 0.29) is 7.05 Å². The average molecular weight is 437 g/mol. The van der Waals surface area contributed by atoms with E-state index in [1.807, 2.05) is 0 Å². The van der Waals surface area contributed by atoms with Gasteiger partial charge in [-0.15, -0.1) is 0 Å². The highest BCUT2D eigenvalue weighted by molar-refractivity contribution is 6.77. The molecule has 34 heavy (non-hydrogen) atoms. The highest BCUT2D eigenvalue weighted by Gasteiger charge is 2.43. The number of anilines is 2. The molecule has 3 heteroatoms. The van der Waals surface area contributed by atoms with Crippen LogP contribution < -0.4 is 14.9 Å². The van der Waals surface area contributed by atoms with Crippen LogP contribution in [0.3, 0.4) is 0 Å². The number of hydrogen-bond acceptors (Lipinski definition) is 2. The Balaban J connectivity index is 1.64. The van der Waals surface area contributed by atoms with Crippen molar-refractivity contribution in [2.75, 3.05) is 4.81 Å². The number of benzene rings is 5. The molecule has 0 N–H and O–H groups in total. The van der Waals surface area contributed by atoms with Gasteiger partial charge in [0.25, 0.3) is 0 Å². The summed E-state index contributed by atoms with van der Waals surface area (Å²) in [6, 6.07) is 44.6. The Morgan fingerprint density at radius 3 is 1.68 bits per heavy atom. The lowest BCUT2D eigenvalue weighted by molar-refractivity contribution is 0.603. The Morgan fingerprint density at radius 1 is 0.559 bits per heavy atom. The third-order valence-electron chi connectivity index (χ3n) is 6.47. The van der Waals surface area contributed by atoms with Gasteiger partial charge in [-0.2, -0.15) is 0 Å². The van der Waals surface area contributed by atoms with Crippen LogP contribution in [0.2, 0.25) is 0 Å². The number of para-hydroxylation sites is 2. The molecule has 1 aliphatic heterocycles. The Bertz CT molecular complexity index is 1380. The molecule has 0 bridgehead atoms. The molecule has 0 radical (unpaired) electrons. The molecule has 0 atom stereocenters. The van der Waals surface area contributed by atoms with Crippen LogP contribution in [0, 0.1) is 6.92 Å². The van der Waals surface area contributed by atoms with Crippen LogP contribution in [0.1, 0.15) is 5.56 Å². The summed E-state index contributed by atoms with van der Waals surface area (Å²) in [5, 5.41) is 0. The summed E-state index contributed by atoms with van der Waals surface area (Å²) in [5.74, 6) is 0.913. The highest BCUT2D eigenvalue weighted by atomic mass is 16.5. The highest BCUT2D eigenvalue weighted by Crippen LogP contribution is 2.44. The fourth-order valence-electron chi connectivity index (χ4n) is 4.94. The van der Waals surface area contributed by atoms with Crippen molar-refractivity contribution in [1.82, 2.24) is 0 Å². The standard InChI is InChI=1S/C31H24BNO/c1-23-13-11-22-29-31(23)33(26-18-9-4-10-19-26)32(34-29)30-27(24-14-5-2-6-15-24)20-12-21-28(30)25-16-7-3-8-17-25/h2-22H,1H3. The minimum Gasteiger partial charge on any atom is -0.536 e. The molecular weight excluding hydrogens is 413 g/mol. The molecule has 0 amide bonds. The zero-order chi connectivity index (χ0) is 22.9. The molecule has 0 saturated carbocycles. The smallest absolute Gasteiger partial charge is 0.525 e. The maximum atomic E-state index is 6.79. The molecule has 1 heterocycles. The summed E-state index contributed by atoms with van der Waals surface area (Å²) >= 11 is 0. The minimum absolute atomic E-state index is 0.301. The third kappa shape index (κ3) is 3.46. The summed E-state index contributed by atoms with van der Waals surface area (Å²) in [4.78, 5) is 2.35. The van der Waals surface area contributed by atoms with Crippen molar-refractivity contribution in [3.05, 3.63) is 133 Å². The van der Waals surface area contributed by atoms with E-state index in [2.05, 4.69) is 139 Å². The summed E-state index contributed by atoms with van der Waals surface area (Å²) in [7, 11) is -0.301. The van der Waals surface area contributed by atoms with Crippen molar-refractivity contribution in [2.45, 2.75) is 6.92 Å². The predicted molar refractivity (Wildman–Crippen MR) is 143 cm³/mol. The second kappa shape index (κ2) is 8.60. The van der Waals surface area contributed by atoms with Gasteiger partial charge in [0.1, 0.15) is 5.75 Å². The van der Waals surface area contributed by atoms with Crippen LogP contribution in [0.5, 0.6) is 5.75 Å². The van der Waals surface area contributed by atoms with Gasteiger partial charge in [0.2, 0.25) is 0 Å². The maximum Gasteiger partial charge on any atom is 0.525 e. The quantitative estimate of drug-likeness (QED) is 0.275. The number of fused-ring (bicyclic) bond motifs is 1. The third-order valence-corrected chi connectivity index (χ3v) is 6.47. The molecular formula is C31H24BNO. The Labute approximate surface area is 201 Å². The molecule has 0 aromatic heterocycles. The van der Waals surface area contributed by atoms with E-state index in [9.17, 15) is 0 Å². The SMILES string of the molecule is Cc1cccc2c1N(c1ccccc1)B(c1c(-c3ccccc3)cccc1-c1ccccc1)O2. The van der Waals surface area contributed by atoms with Crippen LogP contribution in [-0.2, 0) is 0 Å². The fourth-order valence-corrected chi connectivity index (χ4v) is 4.94. The second-order valence-corrected chi connectivity index (χ2v) is 8.60. The van der Waals surface area contributed by atoms with E-state index >= 15 is 0 Å². The molecule has 0 saturated heterocycles. The summed E-state index contributed by atoms with van der Waals surface area (Å²) in [6.07, 6.45) is 0. The van der Waals surface area contributed by atoms with Gasteiger partial charge in [0.15, 0.2) is 0 Å². The lowest BCUT2D eigenvalue weighted by Crippen LogP contribution is -2.49. The first-order valence-corrected chi connectivity index (χ1v) is 11.7. The van der Waals surface area contributed by atoms with Gasteiger partial charge in [-0.25, -0.2) is 0 Å². The topological polar surface area (TPSA) is 12.5 Å². The Morgan fingerprint density at radius 2 is 1.09 bits per heavy atom. The zero-order valence-electron chi connectivity index (χ0n) is 19.1. The van der Waals surface area contributed by atoms with Crippen molar-refractivity contribution in [1.29, 1.82) is 0 Å². The maximum absolute atomic E-state index is 6.79. The normalized spacial score (nSPS) is 12.4. The van der Waals surface area contributed by atoms with Crippen molar-refractivity contribution in [3.63, 3.8) is 0 Å². The van der Waals surface area contributed by atoms with E-state index in [4.69, 9.17) is 4.65 Å². The summed E-state index contributed by atoms with van der Waals surface area (Å²) in [5.41, 5.74) is 9.32. The first-order valence-electron chi connectivity index (χ1n) is 11.7. The monoisotopic (exact) mass is 437 g/mol. The van der Waals surface area contributed by atoms with Crippen LogP contribution in [0.15, 0.2) is 127 Å². The molecule has 0 fully saturated rings. The molecule has 5 aromatic carbocycles. The van der Waals surface area contributed by atoms with Crippen LogP contribution >= 0.6 is 0 Å². The Hall–Kier alpha value is -4.24. The lowest BCUT2D eigenvalue weighted by Gasteiger charge is -2.26. The Kier molecular flexibility index (Phi) is 5.16. The second-order valence-electron chi connectivity index (χ2n) is 8.60. The molecule has 162 valence electrons. The fraction of sp³-hybridized carbons (Fsp3) is 0.0323. The molecule has 2 nitrogen and oxygen atoms in total. The van der Waals surface area contributed by atoms with Crippen LogP contribution in [0.4, 0.5) is 11.4 Å². The first-order chi connectivity index (χ1) is 16.8. The van der Waals surface area contributed by atoms with Crippen molar-refractivity contribution < 1.29 is 4.65 Å². The molecule has 6 rings (SSSR count). The summed E-state index contributed by atoms with van der Waals surface area (Å²) in [6.45, 7) is 2.15. The van der Waals surface area contributed by atoms with Gasteiger partial charge in [-0.05, 0) is 52.9 Å². The first kappa shape index (κ1) is 20.4. The van der Waals surface area contributed by atoms with E-state index in [0.717, 1.165) is 17.1 Å². The van der Waals surface area contributed by atoms with Crippen molar-refractivity contribution in [3.8, 4) is 28.0 Å². The van der Waals surface area contributed by atoms with Crippen LogP contribution in [-0.4, -0.2) is 7.05 Å². The average Bonchev–Trinajstić information content (AvgIpc) is 3.30. The molecule has 0 spiro atoms. The number of rotatable bonds is 4. The van der Waals surface area contributed by atoms with E-state index in [1.54, 1.807) is 0 Å². The van der Waals surface area contributed by atoms with Gasteiger partial charge in [0, 0.05) is 11.2 Å². The molecule has 1 aliphatic rings. The molecule has 5 aromatic rings. The van der Waals surface area contributed by atoms with Gasteiger partial charge >= 0.3 is 7.05 Å². The van der Waals surface area contributed by atoms with Crippen molar-refractivity contribution in [2.24, 2.45) is 0 Å². The number of nitrogens with zero attached hydrogens (tertiary/aromatic N) is 1. The summed E-state index contributed by atoms with van der Waals surface area (Å²) < 4.78 is 6.79.